The van der Waals surface area contributed by atoms with Crippen molar-refractivity contribution in [1.29, 1.82) is 0 Å². The van der Waals surface area contributed by atoms with Gasteiger partial charge >= 0.3 is 0 Å². The zero-order valence-corrected chi connectivity index (χ0v) is 11.4. The Morgan fingerprint density at radius 1 is 1.45 bits per heavy atom. The first-order valence-corrected chi connectivity index (χ1v) is 6.80. The van der Waals surface area contributed by atoms with Crippen molar-refractivity contribution in [2.24, 2.45) is 5.92 Å². The van der Waals surface area contributed by atoms with Crippen LogP contribution in [0.15, 0.2) is 22.6 Å². The van der Waals surface area contributed by atoms with Crippen LogP contribution < -0.4 is 16.0 Å². The van der Waals surface area contributed by atoms with Gasteiger partial charge in [0, 0.05) is 26.1 Å². The van der Waals surface area contributed by atoms with Crippen LogP contribution in [0.1, 0.15) is 12.8 Å². The lowest BCUT2D eigenvalue weighted by Gasteiger charge is -2.29. The van der Waals surface area contributed by atoms with E-state index < -0.39 is 0 Å². The highest BCUT2D eigenvalue weighted by atomic mass is 16.4. The predicted octanol–water partition coefficient (Wildman–Crippen LogP) is 1.37. The molecule has 2 heterocycles. The van der Waals surface area contributed by atoms with Crippen molar-refractivity contribution in [3.05, 3.63) is 18.2 Å². The Morgan fingerprint density at radius 2 is 2.20 bits per heavy atom. The van der Waals surface area contributed by atoms with Crippen molar-refractivity contribution in [3.8, 4) is 0 Å². The number of anilines is 2. The Kier molecular flexibility index (Phi) is 3.22. The van der Waals surface area contributed by atoms with Gasteiger partial charge in [0.05, 0.1) is 5.69 Å². The number of hydrogen-bond acceptors (Lipinski definition) is 5. The molecule has 1 aromatic heterocycles. The fourth-order valence-corrected chi connectivity index (χ4v) is 2.63. The highest BCUT2D eigenvalue weighted by Crippen LogP contribution is 2.28. The van der Waals surface area contributed by atoms with Gasteiger partial charge in [-0.05, 0) is 25.0 Å². The van der Waals surface area contributed by atoms with E-state index in [9.17, 15) is 4.79 Å². The summed E-state index contributed by atoms with van der Waals surface area (Å²) < 4.78 is 5.74. The second-order valence-corrected chi connectivity index (χ2v) is 5.07. The molecule has 1 fully saturated rings. The molecule has 1 aliphatic heterocycles. The number of carbonyl (C=O) groups excluding carboxylic acids is 1. The summed E-state index contributed by atoms with van der Waals surface area (Å²) in [5.74, 6) is 0.206. The van der Waals surface area contributed by atoms with Gasteiger partial charge in [0.25, 0.3) is 6.01 Å². The molecule has 3 rings (SSSR count). The molecule has 1 aromatic carbocycles. The molecule has 0 spiro atoms. The van der Waals surface area contributed by atoms with Crippen molar-refractivity contribution in [2.75, 3.05) is 30.8 Å². The summed E-state index contributed by atoms with van der Waals surface area (Å²) >= 11 is 0. The van der Waals surface area contributed by atoms with E-state index in [2.05, 4.69) is 15.2 Å². The van der Waals surface area contributed by atoms with Gasteiger partial charge < -0.3 is 20.4 Å². The maximum Gasteiger partial charge on any atom is 0.298 e. The molecule has 6 nitrogen and oxygen atoms in total. The summed E-state index contributed by atoms with van der Waals surface area (Å²) in [5, 5.41) is 2.71. The highest BCUT2D eigenvalue weighted by molar-refractivity contribution is 5.86. The second kappa shape index (κ2) is 5.03. The fraction of sp³-hybridized carbons (Fsp3) is 0.429. The number of nitrogens with one attached hydrogen (secondary N) is 1. The smallest absolute Gasteiger partial charge is 0.298 e. The van der Waals surface area contributed by atoms with Crippen LogP contribution in [0.25, 0.3) is 11.1 Å². The first-order chi connectivity index (χ1) is 9.69. The van der Waals surface area contributed by atoms with Gasteiger partial charge in [0.1, 0.15) is 5.52 Å². The second-order valence-electron chi connectivity index (χ2n) is 5.07. The van der Waals surface area contributed by atoms with Gasteiger partial charge in [0.15, 0.2) is 5.58 Å². The number of nitrogens with zero attached hydrogens (tertiary/aromatic N) is 2. The monoisotopic (exact) mass is 274 g/mol. The van der Waals surface area contributed by atoms with Crippen LogP contribution >= 0.6 is 0 Å². The molecule has 2 aromatic rings. The predicted molar refractivity (Wildman–Crippen MR) is 77.4 cm³/mol. The normalized spacial score (nSPS) is 16.6. The van der Waals surface area contributed by atoms with E-state index in [1.165, 1.54) is 0 Å². The molecular weight excluding hydrogens is 256 g/mol. The molecule has 6 heteroatoms. The maximum atomic E-state index is 11.6. The van der Waals surface area contributed by atoms with E-state index >= 15 is 0 Å². The van der Waals surface area contributed by atoms with E-state index in [1.807, 2.05) is 18.2 Å². The van der Waals surface area contributed by atoms with Crippen LogP contribution in [0.5, 0.6) is 0 Å². The third kappa shape index (κ3) is 2.17. The third-order valence-corrected chi connectivity index (χ3v) is 3.82. The summed E-state index contributed by atoms with van der Waals surface area (Å²) in [6.45, 7) is 1.54. The molecule has 0 bridgehead atoms. The zero-order chi connectivity index (χ0) is 14.1. The van der Waals surface area contributed by atoms with E-state index in [1.54, 1.807) is 7.05 Å². The Balaban J connectivity index is 1.77. The number of nitrogen functional groups attached to an aromatic ring is 1. The minimum absolute atomic E-state index is 0.0886. The third-order valence-electron chi connectivity index (χ3n) is 3.82. The first-order valence-electron chi connectivity index (χ1n) is 6.80. The van der Waals surface area contributed by atoms with Gasteiger partial charge in [0.2, 0.25) is 5.91 Å². The van der Waals surface area contributed by atoms with Crippen LogP contribution in [-0.4, -0.2) is 31.0 Å². The molecule has 3 N–H and O–H groups in total. The minimum Gasteiger partial charge on any atom is -0.423 e. The lowest BCUT2D eigenvalue weighted by atomic mass is 9.96. The average molecular weight is 274 g/mol. The molecule has 0 saturated carbocycles. The molecular formula is C14H18N4O2. The number of benzene rings is 1. The van der Waals surface area contributed by atoms with Crippen LogP contribution in [-0.2, 0) is 4.79 Å². The van der Waals surface area contributed by atoms with E-state index in [0.29, 0.717) is 22.8 Å². The van der Waals surface area contributed by atoms with Gasteiger partial charge in [-0.15, -0.1) is 0 Å². The fourth-order valence-electron chi connectivity index (χ4n) is 2.63. The van der Waals surface area contributed by atoms with Crippen molar-refractivity contribution in [2.45, 2.75) is 12.8 Å². The molecule has 1 aliphatic rings. The number of amides is 1. The van der Waals surface area contributed by atoms with Crippen molar-refractivity contribution in [1.82, 2.24) is 10.3 Å². The largest absolute Gasteiger partial charge is 0.423 e. The SMILES string of the molecule is CNC(=O)C1CCN(c2nc3c(N)cccc3o2)CC1. The van der Waals surface area contributed by atoms with Gasteiger partial charge in [-0.3, -0.25) is 4.79 Å². The summed E-state index contributed by atoms with van der Waals surface area (Å²) in [6.07, 6.45) is 1.63. The Hall–Kier alpha value is -2.24. The number of oxazole rings is 1. The first kappa shape index (κ1) is 12.8. The quantitative estimate of drug-likeness (QED) is 0.808. The summed E-state index contributed by atoms with van der Waals surface area (Å²) in [5.41, 5.74) is 7.91. The topological polar surface area (TPSA) is 84.4 Å². The van der Waals surface area contributed by atoms with Crippen LogP contribution in [0.4, 0.5) is 11.7 Å². The number of para-hydroxylation sites is 1. The number of hydrogen-bond donors (Lipinski definition) is 2. The molecule has 0 atom stereocenters. The van der Waals surface area contributed by atoms with Crippen molar-refractivity contribution >= 4 is 28.7 Å². The number of rotatable bonds is 2. The van der Waals surface area contributed by atoms with Crippen LogP contribution in [0.2, 0.25) is 0 Å². The molecule has 0 aliphatic carbocycles. The molecule has 1 saturated heterocycles. The molecule has 0 radical (unpaired) electrons. The van der Waals surface area contributed by atoms with Gasteiger partial charge in [-0.2, -0.15) is 4.98 Å². The van der Waals surface area contributed by atoms with Crippen molar-refractivity contribution < 1.29 is 9.21 Å². The van der Waals surface area contributed by atoms with E-state index in [-0.39, 0.29) is 11.8 Å². The van der Waals surface area contributed by atoms with E-state index in [0.717, 1.165) is 25.9 Å². The molecule has 0 unspecified atom stereocenters. The lowest BCUT2D eigenvalue weighted by molar-refractivity contribution is -0.125. The van der Waals surface area contributed by atoms with Crippen molar-refractivity contribution in [3.63, 3.8) is 0 Å². The lowest BCUT2D eigenvalue weighted by Crippen LogP contribution is -2.39. The van der Waals surface area contributed by atoms with E-state index in [4.69, 9.17) is 10.2 Å². The number of fused-ring (bicyclic) bond motifs is 1. The van der Waals surface area contributed by atoms with Gasteiger partial charge in [-0.25, -0.2) is 0 Å². The van der Waals surface area contributed by atoms with Gasteiger partial charge in [-0.1, -0.05) is 6.07 Å². The number of piperidine rings is 1. The molecule has 106 valence electrons. The van der Waals surface area contributed by atoms with Crippen LogP contribution in [0, 0.1) is 5.92 Å². The van der Waals surface area contributed by atoms with Crippen LogP contribution in [0.3, 0.4) is 0 Å². The molecule has 20 heavy (non-hydrogen) atoms. The average Bonchev–Trinajstić information content (AvgIpc) is 2.92. The summed E-state index contributed by atoms with van der Waals surface area (Å²) in [4.78, 5) is 18.1. The Bertz CT molecular complexity index is 629. The highest BCUT2D eigenvalue weighted by Gasteiger charge is 2.26. The number of aromatic nitrogens is 1. The Labute approximate surface area is 116 Å². The zero-order valence-electron chi connectivity index (χ0n) is 11.4. The summed E-state index contributed by atoms with van der Waals surface area (Å²) in [6, 6.07) is 6.12. The number of carbonyl (C=O) groups is 1. The minimum atomic E-state index is 0.0886. The maximum absolute atomic E-state index is 11.6. The Morgan fingerprint density at radius 3 is 2.85 bits per heavy atom. The number of nitrogens with two attached hydrogens (primary N) is 1. The summed E-state index contributed by atoms with van der Waals surface area (Å²) in [7, 11) is 1.68. The molecule has 1 amide bonds. The standard InChI is InChI=1S/C14H18N4O2/c1-16-13(19)9-5-7-18(8-6-9)14-17-12-10(15)3-2-4-11(12)20-14/h2-4,9H,5-8,15H2,1H3,(H,16,19).